The Hall–Kier alpha value is -1.86. The maximum absolute atomic E-state index is 12.5. The van der Waals surface area contributed by atoms with Crippen LogP contribution in [0.4, 0.5) is 0 Å². The van der Waals surface area contributed by atoms with Crippen LogP contribution in [-0.2, 0) is 14.6 Å². The van der Waals surface area contributed by atoms with Gasteiger partial charge < -0.3 is 10.1 Å². The number of halogens is 1. The Balaban J connectivity index is 1.71. The molecule has 1 N–H and O–H groups in total. The van der Waals surface area contributed by atoms with Crippen molar-refractivity contribution in [3.8, 4) is 5.75 Å². The van der Waals surface area contributed by atoms with Gasteiger partial charge in [-0.25, -0.2) is 8.42 Å². The SMILES string of the molecule is C[C@@H](Oc1ccc(Br)cc1)C(=O)N[C@@H]1CCS(=O)(=O)c2ccccc21. The third-order valence-corrected chi connectivity index (χ3v) is 6.46. The first-order valence-corrected chi connectivity index (χ1v) is 10.4. The minimum atomic E-state index is -3.27. The minimum absolute atomic E-state index is 0.0247. The summed E-state index contributed by atoms with van der Waals surface area (Å²) >= 11 is 3.35. The Morgan fingerprint density at radius 3 is 2.60 bits per heavy atom. The van der Waals surface area contributed by atoms with Crippen LogP contribution in [0.2, 0.25) is 0 Å². The number of amides is 1. The van der Waals surface area contributed by atoms with Gasteiger partial charge in [0.15, 0.2) is 15.9 Å². The molecular weight excluding hydrogens is 406 g/mol. The Kier molecular flexibility index (Phi) is 5.15. The molecule has 3 rings (SSSR count). The number of rotatable bonds is 4. The average Bonchev–Trinajstić information content (AvgIpc) is 2.59. The summed E-state index contributed by atoms with van der Waals surface area (Å²) in [6, 6.07) is 13.7. The largest absolute Gasteiger partial charge is 0.481 e. The van der Waals surface area contributed by atoms with Gasteiger partial charge >= 0.3 is 0 Å². The van der Waals surface area contributed by atoms with Crippen molar-refractivity contribution in [2.45, 2.75) is 30.4 Å². The van der Waals surface area contributed by atoms with Crippen molar-refractivity contribution < 1.29 is 17.9 Å². The number of carbonyl (C=O) groups excluding carboxylic acids is 1. The second-order valence-corrected chi connectivity index (χ2v) is 8.91. The third-order valence-electron chi connectivity index (χ3n) is 4.12. The highest BCUT2D eigenvalue weighted by atomic mass is 79.9. The van der Waals surface area contributed by atoms with E-state index in [1.807, 2.05) is 12.1 Å². The molecule has 132 valence electrons. The van der Waals surface area contributed by atoms with Crippen LogP contribution in [0.15, 0.2) is 57.9 Å². The lowest BCUT2D eigenvalue weighted by Crippen LogP contribution is -2.40. The highest BCUT2D eigenvalue weighted by molar-refractivity contribution is 9.10. The highest BCUT2D eigenvalue weighted by Gasteiger charge is 2.31. The van der Waals surface area contributed by atoms with Crippen LogP contribution < -0.4 is 10.1 Å². The predicted molar refractivity (Wildman–Crippen MR) is 98.2 cm³/mol. The van der Waals surface area contributed by atoms with Gasteiger partial charge in [0.1, 0.15) is 5.75 Å². The maximum atomic E-state index is 12.5. The first-order valence-electron chi connectivity index (χ1n) is 7.91. The number of hydrogen-bond acceptors (Lipinski definition) is 4. The Morgan fingerprint density at radius 1 is 1.20 bits per heavy atom. The number of sulfone groups is 1. The van der Waals surface area contributed by atoms with E-state index in [1.165, 1.54) is 0 Å². The van der Waals surface area contributed by atoms with Gasteiger partial charge in [-0.15, -0.1) is 0 Å². The summed E-state index contributed by atoms with van der Waals surface area (Å²) < 4.78 is 30.9. The molecule has 2 atom stereocenters. The van der Waals surface area contributed by atoms with E-state index in [9.17, 15) is 13.2 Å². The van der Waals surface area contributed by atoms with Crippen molar-refractivity contribution >= 4 is 31.7 Å². The topological polar surface area (TPSA) is 72.5 Å². The van der Waals surface area contributed by atoms with Gasteiger partial charge in [0, 0.05) is 4.47 Å². The molecule has 0 unspecified atom stereocenters. The number of carbonyl (C=O) groups is 1. The molecule has 2 aromatic carbocycles. The first-order chi connectivity index (χ1) is 11.9. The molecule has 0 aliphatic carbocycles. The molecule has 0 aromatic heterocycles. The molecule has 1 aliphatic rings. The zero-order valence-electron chi connectivity index (χ0n) is 13.6. The maximum Gasteiger partial charge on any atom is 0.261 e. The van der Waals surface area contributed by atoms with Gasteiger partial charge in [0.2, 0.25) is 0 Å². The zero-order valence-corrected chi connectivity index (χ0v) is 16.0. The van der Waals surface area contributed by atoms with E-state index in [1.54, 1.807) is 43.3 Å². The summed E-state index contributed by atoms with van der Waals surface area (Å²) in [7, 11) is -3.27. The lowest BCUT2D eigenvalue weighted by molar-refractivity contribution is -0.128. The fourth-order valence-corrected chi connectivity index (χ4v) is 4.69. The van der Waals surface area contributed by atoms with Crippen molar-refractivity contribution in [3.05, 3.63) is 58.6 Å². The van der Waals surface area contributed by atoms with Crippen molar-refractivity contribution in [3.63, 3.8) is 0 Å². The van der Waals surface area contributed by atoms with Gasteiger partial charge in [-0.1, -0.05) is 34.1 Å². The minimum Gasteiger partial charge on any atom is -0.481 e. The smallest absolute Gasteiger partial charge is 0.261 e. The van der Waals surface area contributed by atoms with E-state index in [0.29, 0.717) is 22.6 Å². The van der Waals surface area contributed by atoms with Crippen LogP contribution in [0.25, 0.3) is 0 Å². The number of ether oxygens (including phenoxy) is 1. The normalized spacial score (nSPS) is 19.5. The highest BCUT2D eigenvalue weighted by Crippen LogP contribution is 2.32. The molecule has 1 aliphatic heterocycles. The third kappa shape index (κ3) is 4.04. The number of fused-ring (bicyclic) bond motifs is 1. The molecule has 5 nitrogen and oxygen atoms in total. The molecule has 1 heterocycles. The fraction of sp³-hybridized carbons (Fsp3) is 0.278. The summed E-state index contributed by atoms with van der Waals surface area (Å²) in [6.45, 7) is 1.67. The molecule has 25 heavy (non-hydrogen) atoms. The van der Waals surface area contributed by atoms with Gasteiger partial charge in [-0.05, 0) is 49.2 Å². The molecule has 2 aromatic rings. The van der Waals surface area contributed by atoms with Gasteiger partial charge in [-0.3, -0.25) is 4.79 Å². The fourth-order valence-electron chi connectivity index (χ4n) is 2.80. The summed E-state index contributed by atoms with van der Waals surface area (Å²) in [5, 5.41) is 2.91. The molecule has 7 heteroatoms. The monoisotopic (exact) mass is 423 g/mol. The number of hydrogen-bond donors (Lipinski definition) is 1. The summed E-state index contributed by atoms with van der Waals surface area (Å²) in [5.74, 6) is 0.344. The Morgan fingerprint density at radius 2 is 1.88 bits per heavy atom. The van der Waals surface area contributed by atoms with E-state index in [-0.39, 0.29) is 17.7 Å². The first kappa shape index (κ1) is 17.9. The van der Waals surface area contributed by atoms with E-state index >= 15 is 0 Å². The molecule has 0 bridgehead atoms. The number of nitrogens with one attached hydrogen (secondary N) is 1. The average molecular weight is 424 g/mol. The van der Waals surface area contributed by atoms with Gasteiger partial charge in [0.25, 0.3) is 5.91 Å². The van der Waals surface area contributed by atoms with Gasteiger partial charge in [-0.2, -0.15) is 0 Å². The van der Waals surface area contributed by atoms with Crippen molar-refractivity contribution in [2.24, 2.45) is 0 Å². The van der Waals surface area contributed by atoms with Crippen LogP contribution in [-0.4, -0.2) is 26.2 Å². The van der Waals surface area contributed by atoms with E-state index in [0.717, 1.165) is 4.47 Å². The summed E-state index contributed by atoms with van der Waals surface area (Å²) in [6.07, 6.45) is -0.331. The van der Waals surface area contributed by atoms with E-state index in [4.69, 9.17) is 4.74 Å². The Labute approximate surface area is 155 Å². The van der Waals surface area contributed by atoms with Crippen LogP contribution >= 0.6 is 15.9 Å². The molecule has 0 fully saturated rings. The summed E-state index contributed by atoms with van der Waals surface area (Å²) in [4.78, 5) is 12.8. The molecule has 1 amide bonds. The summed E-state index contributed by atoms with van der Waals surface area (Å²) in [5.41, 5.74) is 0.637. The van der Waals surface area contributed by atoms with Crippen molar-refractivity contribution in [1.82, 2.24) is 5.32 Å². The van der Waals surface area contributed by atoms with Crippen LogP contribution in [0.3, 0.4) is 0 Å². The second kappa shape index (κ2) is 7.17. The number of benzene rings is 2. The molecular formula is C18H18BrNO4S. The van der Waals surface area contributed by atoms with Gasteiger partial charge in [0.05, 0.1) is 16.7 Å². The van der Waals surface area contributed by atoms with Crippen molar-refractivity contribution in [2.75, 3.05) is 5.75 Å². The molecule has 0 spiro atoms. The standard InChI is InChI=1S/C18H18BrNO4S/c1-12(24-14-8-6-13(19)7-9-14)18(21)20-16-10-11-25(22,23)17-5-3-2-4-15(16)17/h2-9,12,16H,10-11H2,1H3,(H,20,21)/t12-,16-/m1/s1. The second-order valence-electron chi connectivity index (χ2n) is 5.92. The quantitative estimate of drug-likeness (QED) is 0.818. The van der Waals surface area contributed by atoms with Crippen LogP contribution in [0.5, 0.6) is 5.75 Å². The molecule has 0 saturated carbocycles. The molecule has 0 radical (unpaired) electrons. The molecule has 0 saturated heterocycles. The lowest BCUT2D eigenvalue weighted by atomic mass is 10.0. The lowest BCUT2D eigenvalue weighted by Gasteiger charge is -2.27. The predicted octanol–water partition coefficient (Wildman–Crippen LogP) is 3.25. The van der Waals surface area contributed by atoms with Crippen molar-refractivity contribution in [1.29, 1.82) is 0 Å². The van der Waals surface area contributed by atoms with Crippen LogP contribution in [0.1, 0.15) is 24.9 Å². The van der Waals surface area contributed by atoms with Crippen LogP contribution in [0, 0.1) is 0 Å². The zero-order chi connectivity index (χ0) is 18.0. The van der Waals surface area contributed by atoms with E-state index in [2.05, 4.69) is 21.2 Å². The van der Waals surface area contributed by atoms with E-state index < -0.39 is 15.9 Å². The Bertz CT molecular complexity index is 880.